The van der Waals surface area contributed by atoms with E-state index in [4.69, 9.17) is 4.74 Å². The van der Waals surface area contributed by atoms with Crippen molar-refractivity contribution in [2.24, 2.45) is 0 Å². The van der Waals surface area contributed by atoms with Gasteiger partial charge in [0.2, 0.25) is 0 Å². The number of likely N-dealkylation sites (N-methyl/N-ethyl adjacent to an activating group) is 1. The van der Waals surface area contributed by atoms with Crippen LogP contribution in [0.1, 0.15) is 31.4 Å². The number of hydrogen-bond acceptors (Lipinski definition) is 4. The molecule has 3 N–H and O–H groups in total. The van der Waals surface area contributed by atoms with Crippen molar-refractivity contribution in [3.8, 4) is 5.75 Å². The molecule has 0 aliphatic carbocycles. The molecule has 0 saturated heterocycles. The molecule has 18 heavy (non-hydrogen) atoms. The van der Waals surface area contributed by atoms with E-state index in [0.29, 0.717) is 18.7 Å². The lowest BCUT2D eigenvalue weighted by Gasteiger charge is -2.18. The SMILES string of the molecule is CCCCOc1ccc(C(O)C(O)CNC)cc1. The van der Waals surface area contributed by atoms with Gasteiger partial charge in [0, 0.05) is 6.54 Å². The number of ether oxygens (including phenoxy) is 1. The summed E-state index contributed by atoms with van der Waals surface area (Å²) < 4.78 is 5.53. The van der Waals surface area contributed by atoms with Crippen LogP contribution in [0.25, 0.3) is 0 Å². The molecule has 2 atom stereocenters. The Morgan fingerprint density at radius 2 is 1.89 bits per heavy atom. The molecule has 102 valence electrons. The van der Waals surface area contributed by atoms with Gasteiger partial charge in [0.05, 0.1) is 12.7 Å². The van der Waals surface area contributed by atoms with E-state index in [1.165, 1.54) is 0 Å². The van der Waals surface area contributed by atoms with Crippen molar-refractivity contribution < 1.29 is 14.9 Å². The van der Waals surface area contributed by atoms with Gasteiger partial charge >= 0.3 is 0 Å². The Morgan fingerprint density at radius 1 is 1.22 bits per heavy atom. The zero-order chi connectivity index (χ0) is 13.4. The maximum atomic E-state index is 9.89. The van der Waals surface area contributed by atoms with E-state index in [9.17, 15) is 10.2 Å². The zero-order valence-corrected chi connectivity index (χ0v) is 11.1. The maximum Gasteiger partial charge on any atom is 0.119 e. The highest BCUT2D eigenvalue weighted by atomic mass is 16.5. The number of benzene rings is 1. The van der Waals surface area contributed by atoms with Crippen LogP contribution in [0.5, 0.6) is 5.75 Å². The monoisotopic (exact) mass is 253 g/mol. The Bertz CT molecular complexity index is 326. The molecule has 2 unspecified atom stereocenters. The first-order valence-electron chi connectivity index (χ1n) is 6.42. The van der Waals surface area contributed by atoms with Crippen molar-refractivity contribution in [2.75, 3.05) is 20.2 Å². The molecule has 0 aliphatic rings. The van der Waals surface area contributed by atoms with E-state index in [2.05, 4.69) is 12.2 Å². The Hall–Kier alpha value is -1.10. The highest BCUT2D eigenvalue weighted by molar-refractivity contribution is 5.29. The molecule has 0 fully saturated rings. The van der Waals surface area contributed by atoms with E-state index in [1.807, 2.05) is 12.1 Å². The van der Waals surface area contributed by atoms with E-state index in [1.54, 1.807) is 19.2 Å². The van der Waals surface area contributed by atoms with Gasteiger partial charge in [-0.05, 0) is 31.2 Å². The topological polar surface area (TPSA) is 61.7 Å². The van der Waals surface area contributed by atoms with Gasteiger partial charge in [0.15, 0.2) is 0 Å². The van der Waals surface area contributed by atoms with Crippen LogP contribution in [-0.2, 0) is 0 Å². The summed E-state index contributed by atoms with van der Waals surface area (Å²) >= 11 is 0. The highest BCUT2D eigenvalue weighted by Crippen LogP contribution is 2.20. The molecule has 0 heterocycles. The van der Waals surface area contributed by atoms with Gasteiger partial charge in [0.1, 0.15) is 11.9 Å². The summed E-state index contributed by atoms with van der Waals surface area (Å²) in [6.45, 7) is 3.18. The fourth-order valence-corrected chi connectivity index (χ4v) is 1.64. The third-order valence-corrected chi connectivity index (χ3v) is 2.77. The Morgan fingerprint density at radius 3 is 2.44 bits per heavy atom. The fourth-order valence-electron chi connectivity index (χ4n) is 1.64. The lowest BCUT2D eigenvalue weighted by molar-refractivity contribution is 0.0202. The van der Waals surface area contributed by atoms with Crippen molar-refractivity contribution in [3.63, 3.8) is 0 Å². The van der Waals surface area contributed by atoms with Gasteiger partial charge in [-0.15, -0.1) is 0 Å². The number of aliphatic hydroxyl groups excluding tert-OH is 2. The first-order valence-corrected chi connectivity index (χ1v) is 6.42. The van der Waals surface area contributed by atoms with Crippen LogP contribution in [-0.4, -0.2) is 36.5 Å². The van der Waals surface area contributed by atoms with Crippen LogP contribution in [0.15, 0.2) is 24.3 Å². The molecule has 0 amide bonds. The highest BCUT2D eigenvalue weighted by Gasteiger charge is 2.17. The third kappa shape index (κ3) is 4.64. The van der Waals surface area contributed by atoms with Gasteiger partial charge in [-0.3, -0.25) is 0 Å². The molecular weight excluding hydrogens is 230 g/mol. The van der Waals surface area contributed by atoms with Crippen LogP contribution in [0, 0.1) is 0 Å². The second-order valence-corrected chi connectivity index (χ2v) is 4.34. The number of rotatable bonds is 8. The second-order valence-electron chi connectivity index (χ2n) is 4.34. The quantitative estimate of drug-likeness (QED) is 0.614. The minimum atomic E-state index is -0.873. The molecule has 0 radical (unpaired) electrons. The van der Waals surface area contributed by atoms with Crippen LogP contribution < -0.4 is 10.1 Å². The molecule has 4 heteroatoms. The summed E-state index contributed by atoms with van der Waals surface area (Å²) in [5.74, 6) is 0.794. The normalized spacial score (nSPS) is 14.2. The summed E-state index contributed by atoms with van der Waals surface area (Å²) in [4.78, 5) is 0. The molecule has 4 nitrogen and oxygen atoms in total. The average molecular weight is 253 g/mol. The van der Waals surface area contributed by atoms with Crippen LogP contribution in [0.2, 0.25) is 0 Å². The largest absolute Gasteiger partial charge is 0.494 e. The summed E-state index contributed by atoms with van der Waals surface area (Å²) in [7, 11) is 1.74. The Labute approximate surface area is 109 Å². The molecular formula is C14H23NO3. The third-order valence-electron chi connectivity index (χ3n) is 2.77. The lowest BCUT2D eigenvalue weighted by Crippen LogP contribution is -2.29. The molecule has 0 aromatic heterocycles. The average Bonchev–Trinajstić information content (AvgIpc) is 2.39. The zero-order valence-electron chi connectivity index (χ0n) is 11.1. The first-order chi connectivity index (χ1) is 8.69. The second kappa shape index (κ2) is 8.08. The molecule has 0 aliphatic heterocycles. The van der Waals surface area contributed by atoms with E-state index >= 15 is 0 Å². The summed E-state index contributed by atoms with van der Waals surface area (Å²) in [6, 6.07) is 7.20. The van der Waals surface area contributed by atoms with Crippen molar-refractivity contribution >= 4 is 0 Å². The van der Waals surface area contributed by atoms with Crippen LogP contribution >= 0.6 is 0 Å². The minimum Gasteiger partial charge on any atom is -0.494 e. The van der Waals surface area contributed by atoms with Crippen LogP contribution in [0.3, 0.4) is 0 Å². The number of nitrogens with one attached hydrogen (secondary N) is 1. The number of unbranched alkanes of at least 4 members (excludes halogenated alkanes) is 1. The predicted octanol–water partition coefficient (Wildman–Crippen LogP) is 1.48. The summed E-state index contributed by atoms with van der Waals surface area (Å²) in [6.07, 6.45) is 0.460. The molecule has 0 bridgehead atoms. The van der Waals surface area contributed by atoms with E-state index in [-0.39, 0.29) is 0 Å². The van der Waals surface area contributed by atoms with Crippen molar-refractivity contribution in [1.82, 2.24) is 5.32 Å². The van der Waals surface area contributed by atoms with Gasteiger partial charge in [-0.2, -0.15) is 0 Å². The van der Waals surface area contributed by atoms with E-state index < -0.39 is 12.2 Å². The molecule has 0 spiro atoms. The summed E-state index contributed by atoms with van der Waals surface area (Å²) in [5, 5.41) is 22.4. The van der Waals surface area contributed by atoms with Gasteiger partial charge in [-0.25, -0.2) is 0 Å². The summed E-state index contributed by atoms with van der Waals surface area (Å²) in [5.41, 5.74) is 0.695. The Balaban J connectivity index is 2.53. The maximum absolute atomic E-state index is 9.89. The Kier molecular flexibility index (Phi) is 6.72. The molecule has 1 aromatic carbocycles. The molecule has 1 aromatic rings. The van der Waals surface area contributed by atoms with Gasteiger partial charge in [-0.1, -0.05) is 25.5 Å². The predicted molar refractivity (Wildman–Crippen MR) is 71.7 cm³/mol. The standard InChI is InChI=1S/C14H23NO3/c1-3-4-9-18-12-7-5-11(6-8-12)14(17)13(16)10-15-2/h5-8,13-17H,3-4,9-10H2,1-2H3. The first kappa shape index (κ1) is 15.0. The van der Waals surface area contributed by atoms with Gasteiger partial charge < -0.3 is 20.3 Å². The number of aliphatic hydroxyl groups is 2. The lowest BCUT2D eigenvalue weighted by atomic mass is 10.0. The van der Waals surface area contributed by atoms with Crippen molar-refractivity contribution in [1.29, 1.82) is 0 Å². The van der Waals surface area contributed by atoms with Crippen molar-refractivity contribution in [2.45, 2.75) is 32.0 Å². The molecule has 1 rings (SSSR count). The molecule has 0 saturated carbocycles. The smallest absolute Gasteiger partial charge is 0.119 e. The number of hydrogen-bond donors (Lipinski definition) is 3. The minimum absolute atomic E-state index is 0.357. The fraction of sp³-hybridized carbons (Fsp3) is 0.571. The van der Waals surface area contributed by atoms with Gasteiger partial charge in [0.25, 0.3) is 0 Å². The van der Waals surface area contributed by atoms with E-state index in [0.717, 1.165) is 18.6 Å². The van der Waals surface area contributed by atoms with Crippen LogP contribution in [0.4, 0.5) is 0 Å². The van der Waals surface area contributed by atoms with Crippen molar-refractivity contribution in [3.05, 3.63) is 29.8 Å².